The van der Waals surface area contributed by atoms with E-state index in [2.05, 4.69) is 5.43 Å². The Kier molecular flexibility index (Phi) is 2.02. The summed E-state index contributed by atoms with van der Waals surface area (Å²) in [6.07, 6.45) is 1.92. The normalized spacial score (nSPS) is 30.4. The zero-order valence-electron chi connectivity index (χ0n) is 7.80. The van der Waals surface area contributed by atoms with Crippen LogP contribution in [-0.2, 0) is 14.6 Å². The van der Waals surface area contributed by atoms with Gasteiger partial charge in [-0.15, -0.1) is 0 Å². The number of amides is 1. The summed E-state index contributed by atoms with van der Waals surface area (Å²) in [4.78, 5) is 11.3. The SMILES string of the molecule is CC1=CC(=O)N(C2CCS(=O)(=O)C2)[N]1. The van der Waals surface area contributed by atoms with E-state index < -0.39 is 9.84 Å². The van der Waals surface area contributed by atoms with E-state index in [0.717, 1.165) is 0 Å². The van der Waals surface area contributed by atoms with Crippen LogP contribution < -0.4 is 5.43 Å². The summed E-state index contributed by atoms with van der Waals surface area (Å²) in [7, 11) is -2.95. The number of hydrogen-bond donors (Lipinski definition) is 0. The monoisotopic (exact) mass is 215 g/mol. The Morgan fingerprint density at radius 2 is 2.29 bits per heavy atom. The molecule has 1 unspecified atom stereocenters. The minimum absolute atomic E-state index is 0.0450. The first-order chi connectivity index (χ1) is 6.48. The van der Waals surface area contributed by atoms with Gasteiger partial charge in [0.05, 0.1) is 23.2 Å². The van der Waals surface area contributed by atoms with Crippen LogP contribution in [0.4, 0.5) is 0 Å². The second kappa shape index (κ2) is 2.98. The van der Waals surface area contributed by atoms with E-state index in [0.29, 0.717) is 12.1 Å². The van der Waals surface area contributed by atoms with E-state index in [1.165, 1.54) is 11.1 Å². The van der Waals surface area contributed by atoms with Gasteiger partial charge in [-0.3, -0.25) is 4.79 Å². The van der Waals surface area contributed by atoms with Gasteiger partial charge in [0.1, 0.15) is 0 Å². The number of hydrogen-bond acceptors (Lipinski definition) is 3. The molecule has 0 aromatic carbocycles. The van der Waals surface area contributed by atoms with Crippen molar-refractivity contribution in [1.29, 1.82) is 0 Å². The third-order valence-electron chi connectivity index (χ3n) is 2.38. The summed E-state index contributed by atoms with van der Waals surface area (Å²) in [5.74, 6) is 0.00364. The number of carbonyl (C=O) groups is 1. The predicted molar refractivity (Wildman–Crippen MR) is 49.8 cm³/mol. The second-order valence-corrected chi connectivity index (χ2v) is 5.85. The highest BCUT2D eigenvalue weighted by Gasteiger charge is 2.37. The van der Waals surface area contributed by atoms with E-state index in [1.807, 2.05) is 0 Å². The fourth-order valence-electron chi connectivity index (χ4n) is 1.72. The minimum Gasteiger partial charge on any atom is -0.268 e. The van der Waals surface area contributed by atoms with E-state index in [9.17, 15) is 13.2 Å². The van der Waals surface area contributed by atoms with Crippen molar-refractivity contribution in [2.24, 2.45) is 0 Å². The Hall–Kier alpha value is -1.04. The molecule has 5 nitrogen and oxygen atoms in total. The summed E-state index contributed by atoms with van der Waals surface area (Å²) in [6, 6.07) is -0.263. The zero-order valence-corrected chi connectivity index (χ0v) is 8.62. The van der Waals surface area contributed by atoms with Crippen molar-refractivity contribution >= 4 is 15.7 Å². The van der Waals surface area contributed by atoms with Gasteiger partial charge in [0.15, 0.2) is 9.84 Å². The van der Waals surface area contributed by atoms with Crippen molar-refractivity contribution in [3.63, 3.8) is 0 Å². The van der Waals surface area contributed by atoms with Crippen molar-refractivity contribution in [2.45, 2.75) is 19.4 Å². The van der Waals surface area contributed by atoms with Crippen LogP contribution in [0.3, 0.4) is 0 Å². The molecule has 0 aliphatic carbocycles. The van der Waals surface area contributed by atoms with Crippen LogP contribution in [0.1, 0.15) is 13.3 Å². The molecule has 1 amide bonds. The molecule has 0 saturated carbocycles. The standard InChI is InChI=1S/C8H11N2O3S/c1-6-4-8(11)10(9-6)7-2-3-14(12,13)5-7/h4,7H,2-3,5H2,1H3. The first kappa shape index (κ1) is 9.51. The molecule has 1 radical (unpaired) electrons. The maximum Gasteiger partial charge on any atom is 0.268 e. The van der Waals surface area contributed by atoms with Gasteiger partial charge in [0, 0.05) is 6.08 Å². The number of carbonyl (C=O) groups excluding carboxylic acids is 1. The van der Waals surface area contributed by atoms with E-state index in [-0.39, 0.29) is 23.5 Å². The minimum atomic E-state index is -2.95. The van der Waals surface area contributed by atoms with Crippen LogP contribution in [0.2, 0.25) is 0 Å². The van der Waals surface area contributed by atoms with Crippen molar-refractivity contribution in [2.75, 3.05) is 11.5 Å². The molecule has 1 fully saturated rings. The summed E-state index contributed by atoms with van der Waals surface area (Å²) in [5.41, 5.74) is 4.64. The van der Waals surface area contributed by atoms with Gasteiger partial charge in [0.2, 0.25) is 0 Å². The Bertz CT molecular complexity index is 399. The van der Waals surface area contributed by atoms with Crippen LogP contribution in [0.15, 0.2) is 11.8 Å². The highest BCUT2D eigenvalue weighted by molar-refractivity contribution is 7.91. The van der Waals surface area contributed by atoms with Gasteiger partial charge < -0.3 is 0 Å². The molecule has 2 aliphatic heterocycles. The van der Waals surface area contributed by atoms with Crippen LogP contribution in [0.5, 0.6) is 0 Å². The molecule has 77 valence electrons. The van der Waals surface area contributed by atoms with Crippen LogP contribution in [0.25, 0.3) is 0 Å². The van der Waals surface area contributed by atoms with Gasteiger partial charge >= 0.3 is 0 Å². The Balaban J connectivity index is 2.10. The molecular formula is C8H11N2O3S. The highest BCUT2D eigenvalue weighted by atomic mass is 32.2. The van der Waals surface area contributed by atoms with Crippen LogP contribution in [-0.4, -0.2) is 36.9 Å². The molecule has 0 aromatic rings. The number of rotatable bonds is 1. The van der Waals surface area contributed by atoms with Crippen molar-refractivity contribution in [1.82, 2.24) is 10.4 Å². The molecule has 0 aromatic heterocycles. The number of allylic oxidation sites excluding steroid dienone is 1. The molecule has 6 heteroatoms. The van der Waals surface area contributed by atoms with E-state index in [4.69, 9.17) is 0 Å². The molecule has 14 heavy (non-hydrogen) atoms. The quantitative estimate of drug-likeness (QED) is 0.588. The predicted octanol–water partition coefficient (Wildman–Crippen LogP) is -0.561. The van der Waals surface area contributed by atoms with Crippen LogP contribution >= 0.6 is 0 Å². The molecular weight excluding hydrogens is 204 g/mol. The van der Waals surface area contributed by atoms with Gasteiger partial charge in [-0.05, 0) is 13.3 Å². The molecule has 2 heterocycles. The number of sulfone groups is 1. The first-order valence-corrected chi connectivity index (χ1v) is 6.24. The molecule has 1 saturated heterocycles. The summed E-state index contributed by atoms with van der Waals surface area (Å²) in [5, 5.41) is 1.29. The molecule has 1 atom stereocenters. The average molecular weight is 215 g/mol. The van der Waals surface area contributed by atoms with Gasteiger partial charge in [-0.25, -0.2) is 13.4 Å². The highest BCUT2D eigenvalue weighted by Crippen LogP contribution is 2.20. The largest absolute Gasteiger partial charge is 0.268 e. The molecule has 0 spiro atoms. The Labute approximate surface area is 82.7 Å². The fourth-order valence-corrected chi connectivity index (χ4v) is 3.41. The van der Waals surface area contributed by atoms with Crippen LogP contribution in [0, 0.1) is 0 Å². The Morgan fingerprint density at radius 1 is 1.57 bits per heavy atom. The smallest absolute Gasteiger partial charge is 0.268 e. The Morgan fingerprint density at radius 3 is 2.71 bits per heavy atom. The maximum atomic E-state index is 11.3. The molecule has 0 bridgehead atoms. The lowest BCUT2D eigenvalue weighted by Crippen LogP contribution is -2.41. The van der Waals surface area contributed by atoms with Crippen molar-refractivity contribution < 1.29 is 13.2 Å². The molecule has 0 N–H and O–H groups in total. The average Bonchev–Trinajstić information content (AvgIpc) is 2.55. The zero-order chi connectivity index (χ0) is 10.3. The summed E-state index contributed by atoms with van der Waals surface area (Å²) in [6.45, 7) is 1.72. The maximum absolute atomic E-state index is 11.3. The summed E-state index contributed by atoms with van der Waals surface area (Å²) >= 11 is 0. The second-order valence-electron chi connectivity index (χ2n) is 3.63. The van der Waals surface area contributed by atoms with E-state index in [1.54, 1.807) is 6.92 Å². The van der Waals surface area contributed by atoms with Gasteiger partial charge in [0.25, 0.3) is 5.91 Å². The lowest BCUT2D eigenvalue weighted by atomic mass is 10.2. The molecule has 2 aliphatic rings. The topological polar surface area (TPSA) is 68.6 Å². The van der Waals surface area contributed by atoms with E-state index >= 15 is 0 Å². The third kappa shape index (κ3) is 1.61. The fraction of sp³-hybridized carbons (Fsp3) is 0.625. The van der Waals surface area contributed by atoms with Gasteiger partial charge in [-0.1, -0.05) is 0 Å². The molecule has 2 rings (SSSR count). The first-order valence-electron chi connectivity index (χ1n) is 4.41. The number of nitrogens with zero attached hydrogens (tertiary/aromatic N) is 2. The summed E-state index contributed by atoms with van der Waals surface area (Å²) < 4.78 is 22.4. The lowest BCUT2D eigenvalue weighted by molar-refractivity contribution is -0.129. The van der Waals surface area contributed by atoms with Gasteiger partial charge in [-0.2, -0.15) is 5.43 Å². The van der Waals surface area contributed by atoms with Crippen molar-refractivity contribution in [3.05, 3.63) is 11.8 Å². The van der Waals surface area contributed by atoms with Crippen molar-refractivity contribution in [3.8, 4) is 0 Å². The lowest BCUT2D eigenvalue weighted by Gasteiger charge is -2.20. The third-order valence-corrected chi connectivity index (χ3v) is 4.13.